The Morgan fingerprint density at radius 3 is 2.31 bits per heavy atom. The second-order valence-corrected chi connectivity index (χ2v) is 6.05. The molecule has 2 heterocycles. The maximum atomic E-state index is 11.1. The van der Waals surface area contributed by atoms with Crippen LogP contribution in [0, 0.1) is 0 Å². The smallest absolute Gasteiger partial charge is 0.349 e. The zero-order chi connectivity index (χ0) is 19.1. The maximum absolute atomic E-state index is 11.1. The van der Waals surface area contributed by atoms with Gasteiger partial charge in [0.25, 0.3) is 0 Å². The number of aromatic nitrogens is 2. The number of anilines is 1. The van der Waals surface area contributed by atoms with Gasteiger partial charge >= 0.3 is 5.69 Å². The number of nitrogen functional groups attached to an aromatic ring is 1. The molecule has 0 bridgehead atoms. The van der Waals surface area contributed by atoms with Crippen LogP contribution in [0.5, 0.6) is 0 Å². The third-order valence-electron chi connectivity index (χ3n) is 3.21. The monoisotopic (exact) mass is 362 g/mol. The van der Waals surface area contributed by atoms with E-state index in [0.717, 1.165) is 0 Å². The zero-order valence-corrected chi connectivity index (χ0v) is 15.4. The first kappa shape index (κ1) is 23.1. The third kappa shape index (κ3) is 6.92. The van der Waals surface area contributed by atoms with Crippen LogP contribution in [-0.4, -0.2) is 32.2 Å². The topological polar surface area (TPSA) is 106 Å². The van der Waals surface area contributed by atoms with E-state index in [-0.39, 0.29) is 30.9 Å². The van der Waals surface area contributed by atoms with Gasteiger partial charge in [0, 0.05) is 31.4 Å². The van der Waals surface area contributed by atoms with Gasteiger partial charge in [-0.25, -0.2) is 9.79 Å². The van der Waals surface area contributed by atoms with Crippen molar-refractivity contribution in [3.8, 4) is 0 Å². The van der Waals surface area contributed by atoms with Crippen LogP contribution in [0.3, 0.4) is 0 Å². The number of nitrogens with zero attached hydrogens (tertiary/aromatic N) is 4. The molecule has 3 N–H and O–H groups in total. The maximum Gasteiger partial charge on any atom is 0.349 e. The highest BCUT2D eigenvalue weighted by Gasteiger charge is 2.13. The summed E-state index contributed by atoms with van der Waals surface area (Å²) < 4.78 is 1.52. The van der Waals surface area contributed by atoms with Gasteiger partial charge in [0.1, 0.15) is 17.5 Å². The number of amidine groups is 1. The van der Waals surface area contributed by atoms with E-state index in [2.05, 4.69) is 35.7 Å². The van der Waals surface area contributed by atoms with Crippen molar-refractivity contribution in [2.45, 2.75) is 54.1 Å². The van der Waals surface area contributed by atoms with Crippen molar-refractivity contribution >= 4 is 17.6 Å². The van der Waals surface area contributed by atoms with Crippen LogP contribution in [0.1, 0.15) is 48.1 Å². The zero-order valence-electron chi connectivity index (χ0n) is 15.4. The fraction of sp³-hybridized carbons (Fsp3) is 0.444. The Hall–Kier alpha value is -2.90. The molecule has 0 aromatic carbocycles. The number of aliphatic imine (C=N–C) groups is 1. The summed E-state index contributed by atoms with van der Waals surface area (Å²) in [6, 6.07) is 2.07. The highest BCUT2D eigenvalue weighted by Crippen LogP contribution is 2.13. The summed E-state index contributed by atoms with van der Waals surface area (Å²) in [7, 11) is 0. The number of amides is 1. The van der Waals surface area contributed by atoms with E-state index in [1.807, 2.05) is 24.9 Å². The minimum absolute atomic E-state index is 0. The van der Waals surface area contributed by atoms with Gasteiger partial charge in [-0.2, -0.15) is 4.98 Å². The molecule has 0 atom stereocenters. The van der Waals surface area contributed by atoms with Crippen LogP contribution in [0.25, 0.3) is 0 Å². The summed E-state index contributed by atoms with van der Waals surface area (Å²) in [6.07, 6.45) is 5.27. The van der Waals surface area contributed by atoms with E-state index in [4.69, 9.17) is 5.73 Å². The number of hydrogen-bond donors (Lipinski definition) is 2. The Bertz CT molecular complexity index is 746. The van der Waals surface area contributed by atoms with Gasteiger partial charge in [0.05, 0.1) is 0 Å². The molecule has 1 aliphatic rings. The number of nitrogens with two attached hydrogens (primary N) is 1. The van der Waals surface area contributed by atoms with Crippen LogP contribution < -0.4 is 16.7 Å². The first-order valence-corrected chi connectivity index (χ1v) is 7.98. The minimum atomic E-state index is -0.292. The lowest BCUT2D eigenvalue weighted by atomic mass is 10.3. The molecule has 1 aromatic rings. The Kier molecular flexibility index (Phi) is 9.04. The Morgan fingerprint density at radius 2 is 1.88 bits per heavy atom. The molecule has 8 nitrogen and oxygen atoms in total. The van der Waals surface area contributed by atoms with Crippen molar-refractivity contribution in [1.29, 1.82) is 0 Å². The van der Waals surface area contributed by atoms with Gasteiger partial charge in [-0.3, -0.25) is 9.36 Å². The summed E-state index contributed by atoms with van der Waals surface area (Å²) in [5, 5.41) is 2.61. The van der Waals surface area contributed by atoms with E-state index < -0.39 is 0 Å². The molecule has 26 heavy (non-hydrogen) atoms. The third-order valence-corrected chi connectivity index (χ3v) is 3.21. The fourth-order valence-electron chi connectivity index (χ4n) is 2.01. The van der Waals surface area contributed by atoms with Crippen molar-refractivity contribution in [2.24, 2.45) is 4.99 Å². The second kappa shape index (κ2) is 10.2. The summed E-state index contributed by atoms with van der Waals surface area (Å²) in [5.41, 5.74) is 5.01. The quantitative estimate of drug-likeness (QED) is 0.839. The summed E-state index contributed by atoms with van der Waals surface area (Å²) >= 11 is 0. The summed E-state index contributed by atoms with van der Waals surface area (Å²) in [5.74, 6) is 1.33. The van der Waals surface area contributed by atoms with Gasteiger partial charge in [-0.15, -0.1) is 0 Å². The Labute approximate surface area is 155 Å². The molecule has 1 amide bonds. The molecule has 1 aliphatic heterocycles. The molecule has 0 aliphatic carbocycles. The average molecular weight is 362 g/mol. The van der Waals surface area contributed by atoms with Gasteiger partial charge in [0.15, 0.2) is 0 Å². The van der Waals surface area contributed by atoms with Crippen molar-refractivity contribution < 1.29 is 4.79 Å². The molecule has 2 rings (SSSR count). The molecule has 144 valence electrons. The molecule has 1 aromatic heterocycles. The van der Waals surface area contributed by atoms with E-state index in [9.17, 15) is 9.59 Å². The Morgan fingerprint density at radius 1 is 1.27 bits per heavy atom. The van der Waals surface area contributed by atoms with E-state index in [1.54, 1.807) is 18.3 Å². The van der Waals surface area contributed by atoms with Crippen molar-refractivity contribution in [3.63, 3.8) is 0 Å². The second-order valence-electron chi connectivity index (χ2n) is 6.05. The predicted octanol–water partition coefficient (Wildman–Crippen LogP) is 2.27. The molecule has 0 saturated heterocycles. The van der Waals surface area contributed by atoms with Crippen molar-refractivity contribution in [3.05, 3.63) is 47.4 Å². The van der Waals surface area contributed by atoms with Crippen molar-refractivity contribution in [1.82, 2.24) is 19.8 Å². The lowest BCUT2D eigenvalue weighted by molar-refractivity contribution is -0.117. The molecule has 0 spiro atoms. The number of rotatable bonds is 2. The van der Waals surface area contributed by atoms with Crippen LogP contribution in [0.15, 0.2) is 46.7 Å². The predicted molar refractivity (Wildman–Crippen MR) is 107 cm³/mol. The summed E-state index contributed by atoms with van der Waals surface area (Å²) in [6.45, 7) is 13.2. The van der Waals surface area contributed by atoms with Crippen LogP contribution in [0.4, 0.5) is 5.82 Å². The number of hydrogen-bond acceptors (Lipinski definition) is 6. The largest absolute Gasteiger partial charge is 0.383 e. The standard InChI is InChI=1S/C10H15N3O.C7H11N3O.CH4/c1-7(2)13-6-5-10(11-8(13)3)12-9(4)14;1-5(2)10-4-3-6(8)9-7(10)11;/h5-7H,3H2,1-2,4H3,(H,11,12,14);3-5H,1-2H3,(H2,8,9,11);1H4. The highest BCUT2D eigenvalue weighted by molar-refractivity contribution is 6.04. The van der Waals surface area contributed by atoms with E-state index in [0.29, 0.717) is 17.7 Å². The number of carbonyl (C=O) groups is 1. The SMILES string of the molecule is C.C=C1N=C(NC(C)=O)C=CN1C(C)C.CC(C)n1ccc(N)nc1=O. The van der Waals surface area contributed by atoms with Gasteiger partial charge in [-0.1, -0.05) is 14.0 Å². The highest BCUT2D eigenvalue weighted by atomic mass is 16.1. The molecular weight excluding hydrogens is 332 g/mol. The molecule has 0 saturated carbocycles. The molecule has 0 radical (unpaired) electrons. The fourth-order valence-corrected chi connectivity index (χ4v) is 2.01. The Balaban J connectivity index is 0.000000475. The lowest BCUT2D eigenvalue weighted by Gasteiger charge is -2.27. The van der Waals surface area contributed by atoms with E-state index in [1.165, 1.54) is 11.5 Å². The minimum Gasteiger partial charge on any atom is -0.383 e. The number of carbonyl (C=O) groups excluding carboxylic acids is 1. The normalized spacial score (nSPS) is 13.0. The molecule has 0 unspecified atom stereocenters. The van der Waals surface area contributed by atoms with Crippen LogP contribution >= 0.6 is 0 Å². The molecule has 0 fully saturated rings. The van der Waals surface area contributed by atoms with E-state index >= 15 is 0 Å². The average Bonchev–Trinajstić information content (AvgIpc) is 2.46. The molecule has 8 heteroatoms. The summed E-state index contributed by atoms with van der Waals surface area (Å²) in [4.78, 5) is 31.5. The van der Waals surface area contributed by atoms with Gasteiger partial charge < -0.3 is 16.0 Å². The van der Waals surface area contributed by atoms with Gasteiger partial charge in [-0.05, 0) is 39.8 Å². The van der Waals surface area contributed by atoms with Crippen molar-refractivity contribution in [2.75, 3.05) is 5.73 Å². The first-order chi connectivity index (χ1) is 11.6. The van der Waals surface area contributed by atoms with Crippen LogP contribution in [-0.2, 0) is 4.79 Å². The first-order valence-electron chi connectivity index (χ1n) is 7.98. The van der Waals surface area contributed by atoms with Gasteiger partial charge in [0.2, 0.25) is 5.91 Å². The number of nitrogens with one attached hydrogen (secondary N) is 1. The van der Waals surface area contributed by atoms with Crippen LogP contribution in [0.2, 0.25) is 0 Å². The molecular formula is C18H30N6O2. The lowest BCUT2D eigenvalue weighted by Crippen LogP contribution is -2.33.